The first-order chi connectivity index (χ1) is 6.28. The van der Waals surface area contributed by atoms with E-state index in [2.05, 4.69) is 25.2 Å². The quantitative estimate of drug-likeness (QED) is 0.347. The van der Waals surface area contributed by atoms with Crippen molar-refractivity contribution in [2.45, 2.75) is 40.0 Å². The van der Waals surface area contributed by atoms with Crippen LogP contribution in [0.4, 0.5) is 0 Å². The lowest BCUT2D eigenvalue weighted by Gasteiger charge is -2.07. The van der Waals surface area contributed by atoms with E-state index in [1.807, 2.05) is 13.8 Å². The van der Waals surface area contributed by atoms with Crippen molar-refractivity contribution in [3.8, 4) is 0 Å². The van der Waals surface area contributed by atoms with Crippen molar-refractivity contribution in [1.82, 2.24) is 0 Å². The van der Waals surface area contributed by atoms with Crippen LogP contribution in [0.3, 0.4) is 0 Å². The van der Waals surface area contributed by atoms with Gasteiger partial charge in [0.15, 0.2) is 0 Å². The molecule has 0 aliphatic heterocycles. The summed E-state index contributed by atoms with van der Waals surface area (Å²) in [4.78, 5) is 10.6. The number of carbonyl (C=O) groups is 1. The Kier molecular flexibility index (Phi) is 7.27. The van der Waals surface area contributed by atoms with Crippen molar-refractivity contribution in [1.29, 1.82) is 0 Å². The van der Waals surface area contributed by atoms with Crippen molar-refractivity contribution in [3.05, 3.63) is 23.8 Å². The zero-order chi connectivity index (χ0) is 10.1. The number of hydrogen-bond acceptors (Lipinski definition) is 1. The zero-order valence-electron chi connectivity index (χ0n) is 8.92. The molecular formula is C12H20O. The van der Waals surface area contributed by atoms with Crippen LogP contribution in [0.15, 0.2) is 23.8 Å². The van der Waals surface area contributed by atoms with E-state index in [0.717, 1.165) is 31.1 Å². The Morgan fingerprint density at radius 3 is 2.46 bits per heavy atom. The van der Waals surface area contributed by atoms with Crippen LogP contribution in [-0.4, -0.2) is 6.29 Å². The summed E-state index contributed by atoms with van der Waals surface area (Å²) in [6.45, 7) is 6.20. The molecule has 0 heterocycles. The van der Waals surface area contributed by atoms with E-state index < -0.39 is 0 Å². The molecule has 0 fully saturated rings. The SMILES string of the molecule is C/C=C/CC(/C=C(\C=O)CC)CC. The van der Waals surface area contributed by atoms with Gasteiger partial charge in [0.25, 0.3) is 0 Å². The van der Waals surface area contributed by atoms with Gasteiger partial charge in [-0.05, 0) is 37.7 Å². The van der Waals surface area contributed by atoms with E-state index in [4.69, 9.17) is 0 Å². The lowest BCUT2D eigenvalue weighted by atomic mass is 9.98. The van der Waals surface area contributed by atoms with Crippen molar-refractivity contribution >= 4 is 6.29 Å². The predicted octanol–water partition coefficient (Wildman–Crippen LogP) is 3.51. The summed E-state index contributed by atoms with van der Waals surface area (Å²) in [5, 5.41) is 0. The van der Waals surface area contributed by atoms with Crippen LogP contribution in [0, 0.1) is 5.92 Å². The van der Waals surface area contributed by atoms with Crippen molar-refractivity contribution in [3.63, 3.8) is 0 Å². The maximum absolute atomic E-state index is 10.6. The second kappa shape index (κ2) is 7.78. The second-order valence-electron chi connectivity index (χ2n) is 3.19. The molecular weight excluding hydrogens is 160 g/mol. The van der Waals surface area contributed by atoms with Gasteiger partial charge in [-0.2, -0.15) is 0 Å². The first-order valence-electron chi connectivity index (χ1n) is 5.05. The molecule has 1 heteroatoms. The Hall–Kier alpha value is -0.850. The maximum Gasteiger partial charge on any atom is 0.145 e. The topological polar surface area (TPSA) is 17.1 Å². The highest BCUT2D eigenvalue weighted by atomic mass is 16.1. The summed E-state index contributed by atoms with van der Waals surface area (Å²) < 4.78 is 0. The van der Waals surface area contributed by atoms with Crippen LogP contribution >= 0.6 is 0 Å². The number of carbonyl (C=O) groups excluding carboxylic acids is 1. The van der Waals surface area contributed by atoms with Gasteiger partial charge in [-0.15, -0.1) is 0 Å². The molecule has 1 nitrogen and oxygen atoms in total. The van der Waals surface area contributed by atoms with Gasteiger partial charge in [-0.3, -0.25) is 4.79 Å². The Bertz CT molecular complexity index is 189. The lowest BCUT2D eigenvalue weighted by molar-refractivity contribution is -0.105. The molecule has 0 amide bonds. The van der Waals surface area contributed by atoms with E-state index in [1.54, 1.807) is 0 Å². The third kappa shape index (κ3) is 5.40. The van der Waals surface area contributed by atoms with Gasteiger partial charge in [0.1, 0.15) is 6.29 Å². The number of aldehydes is 1. The molecule has 0 saturated carbocycles. The lowest BCUT2D eigenvalue weighted by Crippen LogP contribution is -1.95. The average molecular weight is 180 g/mol. The number of rotatable bonds is 6. The zero-order valence-corrected chi connectivity index (χ0v) is 8.92. The van der Waals surface area contributed by atoms with Crippen LogP contribution in [0.1, 0.15) is 40.0 Å². The third-order valence-corrected chi connectivity index (χ3v) is 2.21. The van der Waals surface area contributed by atoms with Crippen molar-refractivity contribution in [2.24, 2.45) is 5.92 Å². The molecule has 0 spiro atoms. The van der Waals surface area contributed by atoms with Gasteiger partial charge in [-0.25, -0.2) is 0 Å². The van der Waals surface area contributed by atoms with E-state index >= 15 is 0 Å². The molecule has 1 unspecified atom stereocenters. The van der Waals surface area contributed by atoms with Crippen LogP contribution in [0.2, 0.25) is 0 Å². The molecule has 0 bridgehead atoms. The largest absolute Gasteiger partial charge is 0.298 e. The van der Waals surface area contributed by atoms with E-state index in [9.17, 15) is 4.79 Å². The molecule has 0 aromatic carbocycles. The first kappa shape index (κ1) is 12.2. The van der Waals surface area contributed by atoms with E-state index in [-0.39, 0.29) is 0 Å². The summed E-state index contributed by atoms with van der Waals surface area (Å²) in [5.41, 5.74) is 0.927. The monoisotopic (exact) mass is 180 g/mol. The van der Waals surface area contributed by atoms with Crippen LogP contribution in [-0.2, 0) is 4.79 Å². The van der Waals surface area contributed by atoms with Gasteiger partial charge in [-0.1, -0.05) is 32.1 Å². The minimum atomic E-state index is 0.524. The highest BCUT2D eigenvalue weighted by molar-refractivity contribution is 5.72. The standard InChI is InChI=1S/C12H20O/c1-4-7-8-11(5-2)9-12(6-3)10-13/h4,7,9-11H,5-6,8H2,1-3H3/b7-4+,12-9-. The average Bonchev–Trinajstić information content (AvgIpc) is 2.19. The van der Waals surface area contributed by atoms with Crippen molar-refractivity contribution < 1.29 is 4.79 Å². The molecule has 0 saturated heterocycles. The van der Waals surface area contributed by atoms with E-state index in [1.165, 1.54) is 0 Å². The molecule has 0 rings (SSSR count). The molecule has 1 atom stereocenters. The smallest absolute Gasteiger partial charge is 0.145 e. The minimum absolute atomic E-state index is 0.524. The molecule has 0 aromatic heterocycles. The van der Waals surface area contributed by atoms with E-state index in [0.29, 0.717) is 5.92 Å². The highest BCUT2D eigenvalue weighted by Gasteiger charge is 2.01. The fourth-order valence-corrected chi connectivity index (χ4v) is 1.21. The molecule has 0 radical (unpaired) electrons. The van der Waals surface area contributed by atoms with Gasteiger partial charge in [0, 0.05) is 0 Å². The molecule has 0 aliphatic rings. The first-order valence-corrected chi connectivity index (χ1v) is 5.05. The molecule has 74 valence electrons. The molecule has 13 heavy (non-hydrogen) atoms. The van der Waals surface area contributed by atoms with Crippen LogP contribution in [0.25, 0.3) is 0 Å². The highest BCUT2D eigenvalue weighted by Crippen LogP contribution is 2.14. The Labute approximate surface area is 81.5 Å². The van der Waals surface area contributed by atoms with Gasteiger partial charge in [0.2, 0.25) is 0 Å². The fourth-order valence-electron chi connectivity index (χ4n) is 1.21. The molecule has 0 aromatic rings. The normalized spacial score (nSPS) is 14.8. The molecule has 0 N–H and O–H groups in total. The summed E-state index contributed by atoms with van der Waals surface area (Å²) in [7, 11) is 0. The van der Waals surface area contributed by atoms with Crippen molar-refractivity contribution in [2.75, 3.05) is 0 Å². The third-order valence-electron chi connectivity index (χ3n) is 2.21. The maximum atomic E-state index is 10.6. The summed E-state index contributed by atoms with van der Waals surface area (Å²) in [6.07, 6.45) is 10.3. The van der Waals surface area contributed by atoms with Gasteiger partial charge >= 0.3 is 0 Å². The van der Waals surface area contributed by atoms with Crippen LogP contribution in [0.5, 0.6) is 0 Å². The van der Waals surface area contributed by atoms with Gasteiger partial charge < -0.3 is 0 Å². The summed E-state index contributed by atoms with van der Waals surface area (Å²) >= 11 is 0. The number of hydrogen-bond donors (Lipinski definition) is 0. The Balaban J connectivity index is 4.22. The second-order valence-corrected chi connectivity index (χ2v) is 3.19. The summed E-state index contributed by atoms with van der Waals surface area (Å²) in [5.74, 6) is 0.524. The number of allylic oxidation sites excluding steroid dienone is 4. The van der Waals surface area contributed by atoms with Crippen LogP contribution < -0.4 is 0 Å². The van der Waals surface area contributed by atoms with Gasteiger partial charge in [0.05, 0.1) is 0 Å². The Morgan fingerprint density at radius 1 is 1.38 bits per heavy atom. The molecule has 0 aliphatic carbocycles. The minimum Gasteiger partial charge on any atom is -0.298 e. The fraction of sp³-hybridized carbons (Fsp3) is 0.583. The predicted molar refractivity (Wildman–Crippen MR) is 57.7 cm³/mol. The Morgan fingerprint density at radius 2 is 2.08 bits per heavy atom. The summed E-state index contributed by atoms with van der Waals surface area (Å²) in [6, 6.07) is 0.